The molecule has 1 heterocycles. The molecule has 2 aromatic carbocycles. The van der Waals surface area contributed by atoms with E-state index in [1.54, 1.807) is 24.3 Å². The average molecular weight is 361 g/mol. The lowest BCUT2D eigenvalue weighted by Crippen LogP contribution is -2.15. The van der Waals surface area contributed by atoms with Crippen molar-refractivity contribution in [2.75, 3.05) is 19.5 Å². The largest absolute Gasteiger partial charge is 0.362 e. The van der Waals surface area contributed by atoms with Gasteiger partial charge < -0.3 is 14.4 Å². The number of carbonyl (C=O) groups is 1. The maximum absolute atomic E-state index is 13.1. The van der Waals surface area contributed by atoms with Crippen LogP contribution in [0.25, 0.3) is 11.6 Å². The van der Waals surface area contributed by atoms with Gasteiger partial charge in [-0.15, -0.1) is 0 Å². The summed E-state index contributed by atoms with van der Waals surface area (Å²) in [6, 6.07) is 9.31. The maximum Gasteiger partial charge on any atom is 0.362 e. The van der Waals surface area contributed by atoms with Crippen LogP contribution < -0.4 is 10.6 Å². The normalized spacial score (nSPS) is 15.4. The van der Waals surface area contributed by atoms with Crippen LogP contribution in [0.4, 0.5) is 10.1 Å². The number of fused-ring (bicyclic) bond motifs is 1. The third-order valence-corrected chi connectivity index (χ3v) is 5.90. The van der Waals surface area contributed by atoms with Crippen molar-refractivity contribution in [3.63, 3.8) is 0 Å². The molecule has 0 aromatic heterocycles. The van der Waals surface area contributed by atoms with Gasteiger partial charge in [-0.25, -0.2) is 4.39 Å². The van der Waals surface area contributed by atoms with Crippen LogP contribution in [0.15, 0.2) is 36.4 Å². The van der Waals surface area contributed by atoms with Crippen LogP contribution >= 0.6 is 7.60 Å². The van der Waals surface area contributed by atoms with E-state index >= 15 is 0 Å². The first-order chi connectivity index (χ1) is 11.9. The molecule has 1 aliphatic rings. The van der Waals surface area contributed by atoms with Crippen LogP contribution in [0.5, 0.6) is 0 Å². The first kappa shape index (κ1) is 17.5. The molecule has 0 spiro atoms. The Morgan fingerprint density at radius 1 is 1.12 bits per heavy atom. The fourth-order valence-corrected chi connectivity index (χ4v) is 4.12. The highest BCUT2D eigenvalue weighted by Gasteiger charge is 2.35. The predicted molar refractivity (Wildman–Crippen MR) is 95.3 cm³/mol. The van der Waals surface area contributed by atoms with E-state index in [-0.39, 0.29) is 11.7 Å². The van der Waals surface area contributed by atoms with Gasteiger partial charge in [0.25, 0.3) is 5.91 Å². The number of hydrogen-bond donors (Lipinski definition) is 1. The lowest BCUT2D eigenvalue weighted by atomic mass is 10.0. The summed E-state index contributed by atoms with van der Waals surface area (Å²) in [7, 11) is -0.942. The minimum atomic E-state index is -3.54. The van der Waals surface area contributed by atoms with E-state index in [0.717, 1.165) is 5.56 Å². The minimum Gasteiger partial charge on any atom is -0.321 e. The smallest absolute Gasteiger partial charge is 0.321 e. The SMILES string of the molecule is COP(=O)(OC)c1cc(C)cc2c1NC(=O)/C2=C\c1ccc(F)cc1. The highest BCUT2D eigenvalue weighted by molar-refractivity contribution is 7.62. The third kappa shape index (κ3) is 3.16. The molecule has 0 aliphatic carbocycles. The Labute approximate surface area is 145 Å². The quantitative estimate of drug-likeness (QED) is 0.666. The number of aryl methyl sites for hydroxylation is 1. The van der Waals surface area contributed by atoms with Crippen LogP contribution in [-0.4, -0.2) is 20.1 Å². The number of rotatable bonds is 4. The van der Waals surface area contributed by atoms with Gasteiger partial charge in [0.2, 0.25) is 0 Å². The van der Waals surface area contributed by atoms with E-state index in [0.29, 0.717) is 27.7 Å². The van der Waals surface area contributed by atoms with Crippen molar-refractivity contribution in [2.24, 2.45) is 0 Å². The highest BCUT2D eigenvalue weighted by Crippen LogP contribution is 2.50. The Bertz CT molecular complexity index is 913. The molecule has 0 saturated carbocycles. The van der Waals surface area contributed by atoms with Crippen molar-refractivity contribution in [1.82, 2.24) is 0 Å². The molecule has 1 N–H and O–H groups in total. The summed E-state index contributed by atoms with van der Waals surface area (Å²) < 4.78 is 36.0. The molecule has 0 radical (unpaired) electrons. The highest BCUT2D eigenvalue weighted by atomic mass is 31.2. The summed E-state index contributed by atoms with van der Waals surface area (Å²) in [5.41, 5.74) is 2.92. The van der Waals surface area contributed by atoms with E-state index in [1.165, 1.54) is 26.4 Å². The van der Waals surface area contributed by atoms with Crippen molar-refractivity contribution in [1.29, 1.82) is 0 Å². The van der Waals surface area contributed by atoms with E-state index < -0.39 is 7.60 Å². The number of hydrogen-bond acceptors (Lipinski definition) is 4. The summed E-state index contributed by atoms with van der Waals surface area (Å²) in [6.07, 6.45) is 1.66. The molecule has 0 saturated heterocycles. The first-order valence-electron chi connectivity index (χ1n) is 7.53. The van der Waals surface area contributed by atoms with Crippen molar-refractivity contribution < 1.29 is 22.8 Å². The van der Waals surface area contributed by atoms with E-state index in [4.69, 9.17) is 9.05 Å². The zero-order valence-electron chi connectivity index (χ0n) is 14.0. The van der Waals surface area contributed by atoms with Gasteiger partial charge in [0, 0.05) is 25.4 Å². The molecule has 0 fully saturated rings. The zero-order chi connectivity index (χ0) is 18.2. The van der Waals surface area contributed by atoms with Gasteiger partial charge in [-0.1, -0.05) is 12.1 Å². The van der Waals surface area contributed by atoms with Gasteiger partial charge in [-0.05, 0) is 48.4 Å². The molecule has 1 amide bonds. The monoisotopic (exact) mass is 361 g/mol. The lowest BCUT2D eigenvalue weighted by molar-refractivity contribution is -0.110. The zero-order valence-corrected chi connectivity index (χ0v) is 14.9. The molecule has 0 unspecified atom stereocenters. The molecule has 5 nitrogen and oxygen atoms in total. The molecule has 0 bridgehead atoms. The third-order valence-electron chi connectivity index (χ3n) is 3.99. The average Bonchev–Trinajstić information content (AvgIpc) is 2.91. The molecule has 3 rings (SSSR count). The second-order valence-electron chi connectivity index (χ2n) is 5.63. The summed E-state index contributed by atoms with van der Waals surface area (Å²) in [5.74, 6) is -0.678. The Kier molecular flexibility index (Phi) is 4.60. The molecular formula is C18H17FNO4P. The number of amides is 1. The summed E-state index contributed by atoms with van der Waals surface area (Å²) >= 11 is 0. The van der Waals surface area contributed by atoms with Crippen LogP contribution in [0.3, 0.4) is 0 Å². The van der Waals surface area contributed by atoms with Crippen LogP contribution in [-0.2, 0) is 18.4 Å². The lowest BCUT2D eigenvalue weighted by Gasteiger charge is -2.17. The Morgan fingerprint density at radius 3 is 2.36 bits per heavy atom. The number of nitrogens with one attached hydrogen (secondary N) is 1. The molecule has 0 atom stereocenters. The Balaban J connectivity index is 2.18. The Morgan fingerprint density at radius 2 is 1.76 bits per heavy atom. The molecule has 1 aliphatic heterocycles. The number of anilines is 1. The molecule has 25 heavy (non-hydrogen) atoms. The molecule has 7 heteroatoms. The molecular weight excluding hydrogens is 344 g/mol. The number of halogens is 1. The van der Waals surface area contributed by atoms with Crippen molar-refractivity contribution in [3.05, 3.63) is 58.9 Å². The van der Waals surface area contributed by atoms with E-state index in [2.05, 4.69) is 5.32 Å². The topological polar surface area (TPSA) is 64.6 Å². The summed E-state index contributed by atoms with van der Waals surface area (Å²) in [4.78, 5) is 12.4. The van der Waals surface area contributed by atoms with Gasteiger partial charge in [0.15, 0.2) is 0 Å². The Hall–Kier alpha value is -2.27. The van der Waals surface area contributed by atoms with Crippen LogP contribution in [0.1, 0.15) is 16.7 Å². The minimum absolute atomic E-state index is 0.309. The van der Waals surface area contributed by atoms with Crippen molar-refractivity contribution >= 4 is 36.1 Å². The van der Waals surface area contributed by atoms with Gasteiger partial charge in [-0.3, -0.25) is 9.36 Å². The first-order valence-corrected chi connectivity index (χ1v) is 9.08. The van der Waals surface area contributed by atoms with Gasteiger partial charge in [0.1, 0.15) is 5.82 Å². The fraction of sp³-hybridized carbons (Fsp3) is 0.167. The van der Waals surface area contributed by atoms with Crippen molar-refractivity contribution in [3.8, 4) is 0 Å². The fourth-order valence-electron chi connectivity index (χ4n) is 2.77. The van der Waals surface area contributed by atoms with Crippen molar-refractivity contribution in [2.45, 2.75) is 6.92 Å². The number of benzene rings is 2. The van der Waals surface area contributed by atoms with Gasteiger partial charge >= 0.3 is 7.60 Å². The summed E-state index contributed by atoms with van der Waals surface area (Å²) in [5, 5.41) is 3.04. The predicted octanol–water partition coefficient (Wildman–Crippen LogP) is 3.74. The van der Waals surface area contributed by atoms with Crippen LogP contribution in [0, 0.1) is 12.7 Å². The number of carbonyl (C=O) groups excluding carboxylic acids is 1. The second-order valence-corrected chi connectivity index (χ2v) is 7.84. The maximum atomic E-state index is 13.1. The molecule has 2 aromatic rings. The second kappa shape index (κ2) is 6.56. The van der Waals surface area contributed by atoms with Gasteiger partial charge in [0.05, 0.1) is 11.0 Å². The van der Waals surface area contributed by atoms with E-state index in [1.807, 2.05) is 13.0 Å². The van der Waals surface area contributed by atoms with Crippen LogP contribution in [0.2, 0.25) is 0 Å². The van der Waals surface area contributed by atoms with E-state index in [9.17, 15) is 13.8 Å². The standard InChI is InChI=1S/C18H17FNO4P/c1-11-8-14-15(10-12-4-6-13(19)7-5-12)18(21)20-17(14)16(9-11)25(22,23-2)24-3/h4-10H,1-3H3,(H,20,21)/b15-10-. The molecule has 130 valence electrons. The summed E-state index contributed by atoms with van der Waals surface area (Å²) in [6.45, 7) is 1.83. The van der Waals surface area contributed by atoms with Gasteiger partial charge in [-0.2, -0.15) is 0 Å².